The Morgan fingerprint density at radius 3 is 2.71 bits per heavy atom. The largest absolute Gasteiger partial charge is 0.478 e. The summed E-state index contributed by atoms with van der Waals surface area (Å²) in [6.07, 6.45) is 0.328. The molecule has 1 fully saturated rings. The van der Waals surface area contributed by atoms with Crippen LogP contribution in [0.4, 0.5) is 11.1 Å². The number of carbonyl (C=O) groups is 4. The topological polar surface area (TPSA) is 232 Å². The van der Waals surface area contributed by atoms with Crippen molar-refractivity contribution in [1.29, 1.82) is 0 Å². The molecule has 1 unspecified atom stereocenters. The van der Waals surface area contributed by atoms with Gasteiger partial charge in [0, 0.05) is 18.4 Å². The summed E-state index contributed by atoms with van der Waals surface area (Å²) >= 11 is 8.26. The first-order valence-electron chi connectivity index (χ1n) is 12.1. The Morgan fingerprint density at radius 2 is 2.07 bits per heavy atom. The summed E-state index contributed by atoms with van der Waals surface area (Å²) < 4.78 is 3.44. The van der Waals surface area contributed by atoms with E-state index >= 15 is 0 Å². The number of nitrogens with two attached hydrogens (primary N) is 2. The number of halogens is 1. The van der Waals surface area contributed by atoms with Gasteiger partial charge in [-0.25, -0.2) is 19.1 Å². The lowest BCUT2D eigenvalue weighted by Crippen LogP contribution is -2.71. The van der Waals surface area contributed by atoms with Crippen LogP contribution in [0.15, 0.2) is 34.8 Å². The average molecular weight is 637 g/mol. The number of amides is 2. The minimum atomic E-state index is -1.41. The Kier molecular flexibility index (Phi) is 7.69. The van der Waals surface area contributed by atoms with Crippen molar-refractivity contribution in [2.45, 2.75) is 31.0 Å². The van der Waals surface area contributed by atoms with Crippen molar-refractivity contribution in [3.05, 3.63) is 39.6 Å². The third-order valence-corrected chi connectivity index (χ3v) is 8.96. The number of carbonyl (C=O) groups excluding carboxylic acids is 2. The molecule has 0 aromatic carbocycles. The van der Waals surface area contributed by atoms with Crippen molar-refractivity contribution < 1.29 is 38.8 Å². The van der Waals surface area contributed by atoms with Gasteiger partial charge in [0.1, 0.15) is 39.2 Å². The molecule has 42 heavy (non-hydrogen) atoms. The number of nitrogens with one attached hydrogen (secondary N) is 1. The summed E-state index contributed by atoms with van der Waals surface area (Å²) in [5, 5.41) is 24.6. The van der Waals surface area contributed by atoms with E-state index in [-0.39, 0.29) is 33.2 Å². The third kappa shape index (κ3) is 5.07. The second-order valence-electron chi connectivity index (χ2n) is 9.19. The molecular weight excluding hydrogens is 614 g/mol. The summed E-state index contributed by atoms with van der Waals surface area (Å²) in [6, 6.07) is 2.49. The first kappa shape index (κ1) is 29.1. The van der Waals surface area contributed by atoms with Crippen LogP contribution in [-0.2, 0) is 37.6 Å². The highest BCUT2D eigenvalue weighted by molar-refractivity contribution is 8.00. The number of nitrogen functional groups attached to an aromatic ring is 2. The van der Waals surface area contributed by atoms with Crippen LogP contribution < -0.4 is 21.4 Å². The Bertz CT molecular complexity index is 1720. The maximum atomic E-state index is 13.3. The molecule has 3 aromatic heterocycles. The maximum absolute atomic E-state index is 13.3. The normalized spacial score (nSPS) is 19.4. The van der Waals surface area contributed by atoms with E-state index in [1.807, 2.05) is 6.07 Å². The summed E-state index contributed by atoms with van der Waals surface area (Å²) in [6.45, 7) is 1.33. The lowest BCUT2D eigenvalue weighted by molar-refractivity contribution is -0.664. The van der Waals surface area contributed by atoms with Gasteiger partial charge >= 0.3 is 23.5 Å². The van der Waals surface area contributed by atoms with Gasteiger partial charge in [0.25, 0.3) is 11.8 Å². The number of carboxylic acids is 2. The number of anilines is 2. The molecular formula is C23H23ClN9O7S2+. The van der Waals surface area contributed by atoms with E-state index in [4.69, 9.17) is 33.0 Å². The summed E-state index contributed by atoms with van der Waals surface area (Å²) in [5.74, 6) is -3.72. The fraction of sp³-hybridized carbons (Fsp3) is 0.304. The second kappa shape index (κ2) is 11.1. The number of β-lactam (4-membered cyclic amide) rings is 1. The van der Waals surface area contributed by atoms with Gasteiger partial charge in [0.05, 0.1) is 6.20 Å². The van der Waals surface area contributed by atoms with Crippen molar-refractivity contribution in [2.24, 2.45) is 12.2 Å². The molecule has 0 bridgehead atoms. The van der Waals surface area contributed by atoms with Crippen molar-refractivity contribution in [3.8, 4) is 0 Å². The number of hydrogen-bond acceptors (Lipinski definition) is 12. The van der Waals surface area contributed by atoms with Crippen LogP contribution in [0.2, 0.25) is 4.34 Å². The van der Waals surface area contributed by atoms with Crippen molar-refractivity contribution in [1.82, 2.24) is 24.8 Å². The van der Waals surface area contributed by atoms with Crippen LogP contribution in [0.1, 0.15) is 12.6 Å². The fourth-order valence-electron chi connectivity index (χ4n) is 4.40. The highest BCUT2D eigenvalue weighted by Crippen LogP contribution is 2.40. The molecule has 2 aliphatic rings. The van der Waals surface area contributed by atoms with Gasteiger partial charge < -0.3 is 31.8 Å². The zero-order valence-electron chi connectivity index (χ0n) is 21.8. The zero-order chi connectivity index (χ0) is 30.5. The quantitative estimate of drug-likeness (QED) is 0.0887. The average Bonchev–Trinajstić information content (AvgIpc) is 3.43. The molecule has 220 valence electrons. The van der Waals surface area contributed by atoms with E-state index in [0.717, 1.165) is 21.8 Å². The predicted molar refractivity (Wildman–Crippen MR) is 151 cm³/mol. The molecule has 7 N–H and O–H groups in total. The van der Waals surface area contributed by atoms with Gasteiger partial charge in [0.2, 0.25) is 6.10 Å². The highest BCUT2D eigenvalue weighted by atomic mass is 35.5. The Labute approximate surface area is 249 Å². The molecule has 3 aromatic rings. The van der Waals surface area contributed by atoms with Crippen LogP contribution in [0, 0.1) is 0 Å². The van der Waals surface area contributed by atoms with E-state index in [0.29, 0.717) is 17.2 Å². The lowest BCUT2D eigenvalue weighted by atomic mass is 10.0. The van der Waals surface area contributed by atoms with E-state index < -0.39 is 47.0 Å². The number of aliphatic carboxylic acids is 2. The Balaban J connectivity index is 1.40. The molecule has 5 heterocycles. The Hall–Kier alpha value is -4.42. The molecule has 0 saturated carbocycles. The monoisotopic (exact) mass is 636 g/mol. The number of fused-ring (bicyclic) bond motifs is 2. The van der Waals surface area contributed by atoms with Crippen LogP contribution in [-0.4, -0.2) is 82.4 Å². The van der Waals surface area contributed by atoms with E-state index in [1.165, 1.54) is 18.7 Å². The number of carboxylic acid groups (broad SMARTS) is 2. The number of thiazole rings is 1. The molecule has 2 aliphatic heterocycles. The lowest BCUT2D eigenvalue weighted by Gasteiger charge is -2.49. The van der Waals surface area contributed by atoms with Gasteiger partial charge in [-0.2, -0.15) is 0 Å². The van der Waals surface area contributed by atoms with Crippen LogP contribution in [0.5, 0.6) is 0 Å². The zero-order valence-corrected chi connectivity index (χ0v) is 24.2. The van der Waals surface area contributed by atoms with E-state index in [1.54, 1.807) is 28.4 Å². The third-order valence-electron chi connectivity index (χ3n) is 6.54. The summed E-state index contributed by atoms with van der Waals surface area (Å²) in [4.78, 5) is 64.4. The van der Waals surface area contributed by atoms with Crippen LogP contribution in [0.3, 0.4) is 0 Å². The SMILES string of the molecule is C[C@H](ON=C(C(=O)N[C@@H]1C(=O)N2C(C(=O)O)=C(C[n+]3cccc4c3nc(N)n4C)CSC12)c1nc(N)sc1Cl)C(=O)O. The predicted octanol–water partition coefficient (Wildman–Crippen LogP) is -0.232. The number of nitrogens with zero attached hydrogens (tertiary/aromatic N) is 6. The summed E-state index contributed by atoms with van der Waals surface area (Å²) in [7, 11) is 1.76. The Morgan fingerprint density at radius 1 is 1.33 bits per heavy atom. The smallest absolute Gasteiger partial charge is 0.352 e. The first-order valence-corrected chi connectivity index (χ1v) is 14.3. The highest BCUT2D eigenvalue weighted by Gasteiger charge is 2.54. The van der Waals surface area contributed by atoms with Crippen molar-refractivity contribution in [2.75, 3.05) is 17.2 Å². The molecule has 5 rings (SSSR count). The maximum Gasteiger partial charge on any atom is 0.352 e. The molecule has 0 aliphatic carbocycles. The minimum absolute atomic E-state index is 0.00972. The van der Waals surface area contributed by atoms with Crippen molar-refractivity contribution in [3.63, 3.8) is 0 Å². The fourth-order valence-corrected chi connectivity index (χ4v) is 6.66. The van der Waals surface area contributed by atoms with Crippen LogP contribution >= 0.6 is 34.7 Å². The van der Waals surface area contributed by atoms with Gasteiger partial charge in [0.15, 0.2) is 10.8 Å². The summed E-state index contributed by atoms with van der Waals surface area (Å²) in [5.41, 5.74) is 12.5. The van der Waals surface area contributed by atoms with Gasteiger partial charge in [-0.05, 0) is 24.0 Å². The molecule has 16 nitrogen and oxygen atoms in total. The van der Waals surface area contributed by atoms with E-state index in [9.17, 15) is 24.3 Å². The number of hydrogen-bond donors (Lipinski definition) is 5. The minimum Gasteiger partial charge on any atom is -0.478 e. The number of aryl methyl sites for hydroxylation is 1. The molecule has 0 radical (unpaired) electrons. The molecule has 3 atom stereocenters. The van der Waals surface area contributed by atoms with Crippen molar-refractivity contribution >= 4 is 86.4 Å². The molecule has 0 spiro atoms. The number of imidazole rings is 1. The van der Waals surface area contributed by atoms with Gasteiger partial charge in [-0.15, -0.1) is 11.8 Å². The number of thioether (sulfide) groups is 1. The number of pyridine rings is 1. The number of rotatable bonds is 9. The number of oxime groups is 1. The van der Waals surface area contributed by atoms with Crippen LogP contribution in [0.25, 0.3) is 11.2 Å². The molecule has 19 heteroatoms. The van der Waals surface area contributed by atoms with Gasteiger partial charge in [-0.1, -0.05) is 28.1 Å². The molecule has 1 saturated heterocycles. The van der Waals surface area contributed by atoms with Gasteiger partial charge in [-0.3, -0.25) is 19.1 Å². The number of aromatic nitrogens is 4. The first-order chi connectivity index (χ1) is 19.9. The molecule has 2 amide bonds. The van der Waals surface area contributed by atoms with E-state index in [2.05, 4.69) is 20.4 Å². The second-order valence-corrected chi connectivity index (χ2v) is 11.9. The standard InChI is InChI=1S/C23H22ClN9O7S2/c1-8(20(36)37)40-30-12(11-15(24)42-23(26)28-11)17(34)27-13-18(35)33-14(21(38)39)9(7-41-19(13)33)6-32-5-3-4-10-16(32)29-22(25)31(10)2/h3-5,8,13,19,25H,6-7H2,1-2H3,(H5,26,27,28,34,36,37,38,39)/p+1/t8-,13+,19?/m0/s1.